The van der Waals surface area contributed by atoms with Gasteiger partial charge in [0.2, 0.25) is 10.0 Å². The van der Waals surface area contributed by atoms with E-state index in [0.29, 0.717) is 19.2 Å². The van der Waals surface area contributed by atoms with Crippen LogP contribution in [-0.4, -0.2) is 38.4 Å². The van der Waals surface area contributed by atoms with Gasteiger partial charge in [-0.15, -0.1) is 12.4 Å². The van der Waals surface area contributed by atoms with Crippen LogP contribution in [0.3, 0.4) is 0 Å². The molecule has 1 aliphatic heterocycles. The maximum absolute atomic E-state index is 13.6. The number of nitrogens with zero attached hydrogens (tertiary/aromatic N) is 1. The third-order valence-electron chi connectivity index (χ3n) is 3.03. The molecule has 1 aromatic rings. The Morgan fingerprint density at radius 1 is 1.25 bits per heavy atom. The maximum Gasteiger partial charge on any atom is 0.246 e. The van der Waals surface area contributed by atoms with Gasteiger partial charge in [0.1, 0.15) is 4.90 Å². The molecule has 0 saturated carbocycles. The Kier molecular flexibility index (Phi) is 5.42. The highest BCUT2D eigenvalue weighted by Crippen LogP contribution is 2.24. The van der Waals surface area contributed by atoms with Crippen LogP contribution >= 0.6 is 12.4 Å². The van der Waals surface area contributed by atoms with Crippen LogP contribution < -0.4 is 5.32 Å². The first-order chi connectivity index (χ1) is 8.85. The summed E-state index contributed by atoms with van der Waals surface area (Å²) < 4.78 is 65.2. The predicted octanol–water partition coefficient (Wildman–Crippen LogP) is 1.51. The van der Waals surface area contributed by atoms with Gasteiger partial charge in [0.05, 0.1) is 0 Å². The lowest BCUT2D eigenvalue weighted by Crippen LogP contribution is -2.52. The van der Waals surface area contributed by atoms with Gasteiger partial charge in [-0.1, -0.05) is 0 Å². The lowest BCUT2D eigenvalue weighted by atomic mass is 10.3. The number of piperazine rings is 1. The highest BCUT2D eigenvalue weighted by Gasteiger charge is 2.34. The minimum atomic E-state index is -4.17. The average molecular weight is 331 g/mol. The van der Waals surface area contributed by atoms with E-state index in [9.17, 15) is 21.6 Å². The van der Waals surface area contributed by atoms with Crippen LogP contribution in [0.1, 0.15) is 6.92 Å². The van der Waals surface area contributed by atoms with Crippen molar-refractivity contribution in [2.24, 2.45) is 0 Å². The first-order valence-corrected chi connectivity index (χ1v) is 7.15. The second-order valence-corrected chi connectivity index (χ2v) is 6.20. The van der Waals surface area contributed by atoms with E-state index < -0.39 is 32.4 Å². The summed E-state index contributed by atoms with van der Waals surface area (Å²) in [5.74, 6) is -4.86. The fraction of sp³-hybridized carbons (Fsp3) is 0.455. The smallest absolute Gasteiger partial charge is 0.246 e. The molecule has 114 valence electrons. The summed E-state index contributed by atoms with van der Waals surface area (Å²) in [6, 6.07) is 0.974. The van der Waals surface area contributed by atoms with E-state index in [4.69, 9.17) is 0 Å². The number of halogens is 4. The lowest BCUT2D eigenvalue weighted by molar-refractivity contribution is 0.282. The SMILES string of the molecule is CC1CNCCN1S(=O)(=O)c1ccc(F)c(F)c1F.Cl. The molecule has 4 nitrogen and oxygen atoms in total. The fourth-order valence-electron chi connectivity index (χ4n) is 2.01. The molecule has 0 spiro atoms. The molecule has 20 heavy (non-hydrogen) atoms. The summed E-state index contributed by atoms with van der Waals surface area (Å²) in [4.78, 5) is -0.833. The van der Waals surface area contributed by atoms with Gasteiger partial charge in [-0.2, -0.15) is 4.31 Å². The molecular weight excluding hydrogens is 317 g/mol. The van der Waals surface area contributed by atoms with E-state index in [-0.39, 0.29) is 25.0 Å². The molecule has 0 amide bonds. The van der Waals surface area contributed by atoms with Gasteiger partial charge in [-0.05, 0) is 19.1 Å². The number of nitrogens with one attached hydrogen (secondary N) is 1. The summed E-state index contributed by atoms with van der Waals surface area (Å²) in [6.45, 7) is 2.66. The molecule has 9 heteroatoms. The summed E-state index contributed by atoms with van der Waals surface area (Å²) in [6.07, 6.45) is 0. The van der Waals surface area contributed by atoms with Crippen molar-refractivity contribution in [1.29, 1.82) is 0 Å². The number of sulfonamides is 1. The first kappa shape index (κ1) is 17.2. The van der Waals surface area contributed by atoms with E-state index >= 15 is 0 Å². The third kappa shape index (κ3) is 2.93. The molecule has 2 rings (SSSR count). The molecule has 1 N–H and O–H groups in total. The summed E-state index contributed by atoms with van der Waals surface area (Å²) in [5, 5.41) is 2.99. The molecule has 1 unspecified atom stereocenters. The van der Waals surface area contributed by atoms with E-state index in [0.717, 1.165) is 10.4 Å². The van der Waals surface area contributed by atoms with Crippen LogP contribution in [0.15, 0.2) is 17.0 Å². The van der Waals surface area contributed by atoms with Crippen LogP contribution in [0.25, 0.3) is 0 Å². The topological polar surface area (TPSA) is 49.4 Å². The van der Waals surface area contributed by atoms with Gasteiger partial charge in [0, 0.05) is 25.7 Å². The van der Waals surface area contributed by atoms with Crippen molar-refractivity contribution in [2.75, 3.05) is 19.6 Å². The summed E-state index contributed by atoms with van der Waals surface area (Å²) in [7, 11) is -4.17. The summed E-state index contributed by atoms with van der Waals surface area (Å²) in [5.41, 5.74) is 0. The lowest BCUT2D eigenvalue weighted by Gasteiger charge is -2.32. The minimum absolute atomic E-state index is 0. The van der Waals surface area contributed by atoms with Gasteiger partial charge in [0.15, 0.2) is 17.5 Å². The Morgan fingerprint density at radius 3 is 2.50 bits per heavy atom. The zero-order chi connectivity index (χ0) is 14.2. The Balaban J connectivity index is 0.00000200. The van der Waals surface area contributed by atoms with Crippen LogP contribution in [0.5, 0.6) is 0 Å². The Morgan fingerprint density at radius 2 is 1.90 bits per heavy atom. The molecule has 1 aliphatic rings. The van der Waals surface area contributed by atoms with Gasteiger partial charge in [-0.3, -0.25) is 0 Å². The molecule has 0 aromatic heterocycles. The van der Waals surface area contributed by atoms with Crippen molar-refractivity contribution in [2.45, 2.75) is 17.9 Å². The summed E-state index contributed by atoms with van der Waals surface area (Å²) >= 11 is 0. The van der Waals surface area contributed by atoms with E-state index in [2.05, 4.69) is 5.32 Å². The Bertz CT molecular complexity index is 598. The van der Waals surface area contributed by atoms with Crippen molar-refractivity contribution in [1.82, 2.24) is 9.62 Å². The van der Waals surface area contributed by atoms with Gasteiger partial charge >= 0.3 is 0 Å². The van der Waals surface area contributed by atoms with Gasteiger partial charge in [-0.25, -0.2) is 21.6 Å². The predicted molar refractivity (Wildman–Crippen MR) is 69.8 cm³/mol. The molecule has 0 radical (unpaired) electrons. The monoisotopic (exact) mass is 330 g/mol. The van der Waals surface area contributed by atoms with Crippen molar-refractivity contribution < 1.29 is 21.6 Å². The Hall–Kier alpha value is -0.830. The highest BCUT2D eigenvalue weighted by molar-refractivity contribution is 7.89. The standard InChI is InChI=1S/C11H13F3N2O2S.ClH/c1-7-6-15-4-5-16(7)19(17,18)9-3-2-8(12)10(13)11(9)14;/h2-3,7,15H,4-6H2,1H3;1H. The van der Waals surface area contributed by atoms with E-state index in [1.54, 1.807) is 6.92 Å². The molecule has 1 heterocycles. The number of benzene rings is 1. The largest absolute Gasteiger partial charge is 0.314 e. The zero-order valence-electron chi connectivity index (χ0n) is 10.6. The fourth-order valence-corrected chi connectivity index (χ4v) is 3.70. The number of rotatable bonds is 2. The van der Waals surface area contributed by atoms with Crippen LogP contribution in [-0.2, 0) is 10.0 Å². The second kappa shape index (κ2) is 6.30. The normalized spacial score (nSPS) is 20.5. The van der Waals surface area contributed by atoms with Crippen molar-refractivity contribution in [3.05, 3.63) is 29.6 Å². The molecule has 1 aromatic carbocycles. The molecule has 0 aliphatic carbocycles. The Labute approximate surface area is 121 Å². The number of hydrogen-bond donors (Lipinski definition) is 1. The van der Waals surface area contributed by atoms with E-state index in [1.165, 1.54) is 0 Å². The zero-order valence-corrected chi connectivity index (χ0v) is 12.2. The highest BCUT2D eigenvalue weighted by atomic mass is 35.5. The molecule has 1 fully saturated rings. The first-order valence-electron chi connectivity index (χ1n) is 5.71. The van der Waals surface area contributed by atoms with Crippen molar-refractivity contribution >= 4 is 22.4 Å². The van der Waals surface area contributed by atoms with Crippen LogP contribution in [0.4, 0.5) is 13.2 Å². The van der Waals surface area contributed by atoms with Crippen molar-refractivity contribution in [3.8, 4) is 0 Å². The average Bonchev–Trinajstić information content (AvgIpc) is 2.36. The van der Waals surface area contributed by atoms with Gasteiger partial charge in [0.25, 0.3) is 0 Å². The third-order valence-corrected chi connectivity index (χ3v) is 5.06. The van der Waals surface area contributed by atoms with Crippen LogP contribution in [0.2, 0.25) is 0 Å². The maximum atomic E-state index is 13.6. The van der Waals surface area contributed by atoms with E-state index in [1.807, 2.05) is 0 Å². The molecule has 0 bridgehead atoms. The quantitative estimate of drug-likeness (QED) is 0.836. The van der Waals surface area contributed by atoms with Crippen molar-refractivity contribution in [3.63, 3.8) is 0 Å². The van der Waals surface area contributed by atoms with Gasteiger partial charge < -0.3 is 5.32 Å². The molecular formula is C11H14ClF3N2O2S. The second-order valence-electron chi connectivity index (χ2n) is 4.34. The molecule has 1 atom stereocenters. The molecule has 1 saturated heterocycles. The van der Waals surface area contributed by atoms with Crippen LogP contribution in [0, 0.1) is 17.5 Å². The minimum Gasteiger partial charge on any atom is -0.314 e. The number of hydrogen-bond acceptors (Lipinski definition) is 3.